The van der Waals surface area contributed by atoms with Crippen molar-refractivity contribution < 1.29 is 4.79 Å². The summed E-state index contributed by atoms with van der Waals surface area (Å²) in [6.07, 6.45) is 1.62. The lowest BCUT2D eigenvalue weighted by Crippen LogP contribution is -2.39. The smallest absolute Gasteiger partial charge is 0.317 e. The quantitative estimate of drug-likeness (QED) is 0.802. The van der Waals surface area contributed by atoms with Crippen molar-refractivity contribution in [3.8, 4) is 6.07 Å². The number of hydrogen-bond acceptors (Lipinski definition) is 4. The third-order valence-corrected chi connectivity index (χ3v) is 3.23. The van der Waals surface area contributed by atoms with Crippen LogP contribution >= 0.6 is 0 Å². The van der Waals surface area contributed by atoms with Gasteiger partial charge in [0.1, 0.15) is 11.9 Å². The van der Waals surface area contributed by atoms with E-state index in [1.807, 2.05) is 30.3 Å². The van der Waals surface area contributed by atoms with E-state index in [0.717, 1.165) is 5.56 Å². The van der Waals surface area contributed by atoms with E-state index in [4.69, 9.17) is 5.26 Å². The van der Waals surface area contributed by atoms with E-state index in [0.29, 0.717) is 31.0 Å². The number of pyridine rings is 1. The number of aromatic nitrogens is 1. The second kappa shape index (κ2) is 8.39. The number of nitrogens with zero attached hydrogens (tertiary/aromatic N) is 3. The van der Waals surface area contributed by atoms with Crippen LogP contribution in [-0.4, -0.2) is 36.1 Å². The summed E-state index contributed by atoms with van der Waals surface area (Å²) in [5.74, 6) is 0.530. The molecule has 0 saturated carbocycles. The topological polar surface area (TPSA) is 81.1 Å². The van der Waals surface area contributed by atoms with Gasteiger partial charge < -0.3 is 15.5 Å². The summed E-state index contributed by atoms with van der Waals surface area (Å²) in [7, 11) is 1.75. The molecule has 0 atom stereocenters. The van der Waals surface area contributed by atoms with Gasteiger partial charge in [0.05, 0.1) is 5.56 Å². The number of amides is 2. The molecule has 0 bridgehead atoms. The SMILES string of the molecule is CN(Cc1ccccc1)C(=O)NCCNc1ncccc1C#N. The Morgan fingerprint density at radius 1 is 1.22 bits per heavy atom. The van der Waals surface area contributed by atoms with Gasteiger partial charge in [0.25, 0.3) is 0 Å². The first-order chi connectivity index (χ1) is 11.2. The van der Waals surface area contributed by atoms with Crippen LogP contribution in [0.5, 0.6) is 0 Å². The molecule has 2 N–H and O–H groups in total. The first kappa shape index (κ1) is 16.3. The van der Waals surface area contributed by atoms with Crippen LogP contribution in [0.1, 0.15) is 11.1 Å². The molecule has 6 heteroatoms. The van der Waals surface area contributed by atoms with Crippen molar-refractivity contribution in [1.82, 2.24) is 15.2 Å². The van der Waals surface area contributed by atoms with Crippen molar-refractivity contribution in [1.29, 1.82) is 5.26 Å². The molecule has 6 nitrogen and oxygen atoms in total. The van der Waals surface area contributed by atoms with E-state index in [2.05, 4.69) is 21.7 Å². The number of anilines is 1. The maximum absolute atomic E-state index is 12.0. The van der Waals surface area contributed by atoms with Crippen molar-refractivity contribution in [2.75, 3.05) is 25.5 Å². The number of carbonyl (C=O) groups is 1. The third-order valence-electron chi connectivity index (χ3n) is 3.23. The highest BCUT2D eigenvalue weighted by atomic mass is 16.2. The van der Waals surface area contributed by atoms with Gasteiger partial charge in [0, 0.05) is 32.9 Å². The van der Waals surface area contributed by atoms with Crippen molar-refractivity contribution in [3.63, 3.8) is 0 Å². The zero-order valence-electron chi connectivity index (χ0n) is 13.0. The number of rotatable bonds is 6. The minimum absolute atomic E-state index is 0.141. The van der Waals surface area contributed by atoms with Crippen LogP contribution in [0.25, 0.3) is 0 Å². The lowest BCUT2D eigenvalue weighted by Gasteiger charge is -2.18. The van der Waals surface area contributed by atoms with E-state index in [1.54, 1.807) is 30.3 Å². The van der Waals surface area contributed by atoms with Crippen LogP contribution in [-0.2, 0) is 6.54 Å². The zero-order chi connectivity index (χ0) is 16.5. The molecule has 2 aromatic rings. The van der Waals surface area contributed by atoms with Crippen molar-refractivity contribution in [3.05, 3.63) is 59.8 Å². The Morgan fingerprint density at radius 2 is 2.00 bits per heavy atom. The molecule has 1 aromatic carbocycles. The number of benzene rings is 1. The Kier molecular flexibility index (Phi) is 5.95. The highest BCUT2D eigenvalue weighted by molar-refractivity contribution is 5.73. The van der Waals surface area contributed by atoms with Crippen molar-refractivity contribution in [2.45, 2.75) is 6.54 Å². The Hall–Kier alpha value is -3.07. The maximum Gasteiger partial charge on any atom is 0.317 e. The lowest BCUT2D eigenvalue weighted by molar-refractivity contribution is 0.207. The van der Waals surface area contributed by atoms with E-state index in [9.17, 15) is 4.79 Å². The van der Waals surface area contributed by atoms with Crippen LogP contribution < -0.4 is 10.6 Å². The fourth-order valence-corrected chi connectivity index (χ4v) is 2.05. The second-order valence-corrected chi connectivity index (χ2v) is 5.01. The molecule has 0 spiro atoms. The molecule has 0 aliphatic rings. The Bertz CT molecular complexity index is 681. The van der Waals surface area contributed by atoms with Crippen LogP contribution in [0.3, 0.4) is 0 Å². The first-order valence-electron chi connectivity index (χ1n) is 7.32. The molecule has 0 radical (unpaired) electrons. The van der Waals surface area contributed by atoms with Crippen LogP contribution in [0.15, 0.2) is 48.7 Å². The summed E-state index contributed by atoms with van der Waals surface area (Å²) in [4.78, 5) is 17.7. The van der Waals surface area contributed by atoms with Crippen LogP contribution in [0.2, 0.25) is 0 Å². The molecule has 1 aromatic heterocycles. The maximum atomic E-state index is 12.0. The normalized spacial score (nSPS) is 9.74. The minimum atomic E-state index is -0.141. The average molecular weight is 309 g/mol. The molecule has 0 aliphatic heterocycles. The van der Waals surface area contributed by atoms with Crippen molar-refractivity contribution in [2.24, 2.45) is 0 Å². The average Bonchev–Trinajstić information content (AvgIpc) is 2.59. The lowest BCUT2D eigenvalue weighted by atomic mass is 10.2. The van der Waals surface area contributed by atoms with Gasteiger partial charge in [-0.15, -0.1) is 0 Å². The standard InChI is InChI=1S/C17H19N5O/c1-22(13-14-6-3-2-4-7-14)17(23)21-11-10-20-16-15(12-18)8-5-9-19-16/h2-9H,10-11,13H2,1H3,(H,19,20)(H,21,23). The summed E-state index contributed by atoms with van der Waals surface area (Å²) in [5.41, 5.74) is 1.57. The van der Waals surface area contributed by atoms with Gasteiger partial charge in [-0.05, 0) is 17.7 Å². The number of hydrogen-bond donors (Lipinski definition) is 2. The fourth-order valence-electron chi connectivity index (χ4n) is 2.05. The third kappa shape index (κ3) is 5.00. The van der Waals surface area contributed by atoms with Crippen molar-refractivity contribution >= 4 is 11.8 Å². The molecule has 0 unspecified atom stereocenters. The summed E-state index contributed by atoms with van der Waals surface area (Å²) < 4.78 is 0. The monoisotopic (exact) mass is 309 g/mol. The highest BCUT2D eigenvalue weighted by Crippen LogP contribution is 2.08. The predicted molar refractivity (Wildman–Crippen MR) is 88.7 cm³/mol. The molecule has 0 aliphatic carbocycles. The van der Waals surface area contributed by atoms with Gasteiger partial charge in [-0.2, -0.15) is 5.26 Å². The summed E-state index contributed by atoms with van der Waals surface area (Å²) in [6, 6.07) is 15.1. The van der Waals surface area contributed by atoms with Gasteiger partial charge in [0.15, 0.2) is 0 Å². The summed E-state index contributed by atoms with van der Waals surface area (Å²) in [5, 5.41) is 14.8. The van der Waals surface area contributed by atoms with E-state index >= 15 is 0 Å². The highest BCUT2D eigenvalue weighted by Gasteiger charge is 2.08. The number of nitriles is 1. The van der Waals surface area contributed by atoms with E-state index in [1.165, 1.54) is 0 Å². The minimum Gasteiger partial charge on any atom is -0.367 e. The molecule has 23 heavy (non-hydrogen) atoms. The van der Waals surface area contributed by atoms with Gasteiger partial charge >= 0.3 is 6.03 Å². The largest absolute Gasteiger partial charge is 0.367 e. The van der Waals surface area contributed by atoms with Gasteiger partial charge in [0.2, 0.25) is 0 Å². The molecule has 118 valence electrons. The zero-order valence-corrected chi connectivity index (χ0v) is 13.0. The Balaban J connectivity index is 1.73. The summed E-state index contributed by atoms with van der Waals surface area (Å²) >= 11 is 0. The number of carbonyl (C=O) groups excluding carboxylic acids is 1. The van der Waals surface area contributed by atoms with E-state index in [-0.39, 0.29) is 6.03 Å². The molecular formula is C17H19N5O. The first-order valence-corrected chi connectivity index (χ1v) is 7.32. The molecule has 0 fully saturated rings. The number of nitrogens with one attached hydrogen (secondary N) is 2. The molecule has 0 saturated heterocycles. The van der Waals surface area contributed by atoms with Gasteiger partial charge in [-0.1, -0.05) is 30.3 Å². The Morgan fingerprint density at radius 3 is 2.74 bits per heavy atom. The van der Waals surface area contributed by atoms with E-state index < -0.39 is 0 Å². The van der Waals surface area contributed by atoms with Gasteiger partial charge in [-0.25, -0.2) is 9.78 Å². The van der Waals surface area contributed by atoms with Crippen LogP contribution in [0.4, 0.5) is 10.6 Å². The number of urea groups is 1. The van der Waals surface area contributed by atoms with Gasteiger partial charge in [-0.3, -0.25) is 0 Å². The molecular weight excluding hydrogens is 290 g/mol. The summed E-state index contributed by atoms with van der Waals surface area (Å²) in [6.45, 7) is 1.49. The second-order valence-electron chi connectivity index (χ2n) is 5.01. The fraction of sp³-hybridized carbons (Fsp3) is 0.235. The predicted octanol–water partition coefficient (Wildman–Crippen LogP) is 2.21. The molecule has 2 amide bonds. The molecule has 2 rings (SSSR count). The molecule has 1 heterocycles. The Labute approximate surface area is 135 Å². The van der Waals surface area contributed by atoms with Crippen LogP contribution in [0, 0.1) is 11.3 Å².